The molecule has 0 radical (unpaired) electrons. The number of sulfonamides is 1. The fraction of sp³-hybridized carbons (Fsp3) is 0.517. The van der Waals surface area contributed by atoms with Gasteiger partial charge in [0.15, 0.2) is 0 Å². The summed E-state index contributed by atoms with van der Waals surface area (Å²) < 4.78 is 47.2. The van der Waals surface area contributed by atoms with Crippen molar-refractivity contribution in [2.75, 3.05) is 32.1 Å². The highest BCUT2D eigenvalue weighted by Gasteiger charge is 2.35. The lowest BCUT2D eigenvalue weighted by atomic mass is 9.96. The molecule has 4 rings (SSSR count). The predicted molar refractivity (Wildman–Crippen MR) is 153 cm³/mol. The van der Waals surface area contributed by atoms with Crippen LogP contribution in [0.3, 0.4) is 0 Å². The number of aliphatic hydroxyl groups is 1. The maximum absolute atomic E-state index is 13.7. The van der Waals surface area contributed by atoms with Crippen molar-refractivity contribution < 1.29 is 32.2 Å². The van der Waals surface area contributed by atoms with Crippen LogP contribution in [0.2, 0.25) is 0 Å². The zero-order valence-corrected chi connectivity index (χ0v) is 24.5. The number of hydrogen-bond donors (Lipinski definition) is 3. The Morgan fingerprint density at radius 2 is 1.85 bits per heavy atom. The molecule has 1 aliphatic heterocycles. The number of aliphatic hydroxyl groups excluding tert-OH is 1. The summed E-state index contributed by atoms with van der Waals surface area (Å²) >= 11 is 0. The van der Waals surface area contributed by atoms with E-state index in [0.29, 0.717) is 5.69 Å². The van der Waals surface area contributed by atoms with E-state index in [4.69, 9.17) is 4.74 Å². The smallest absolute Gasteiger partial charge is 0.319 e. The summed E-state index contributed by atoms with van der Waals surface area (Å²) in [6.45, 7) is 3.48. The normalized spacial score (nSPS) is 20.9. The van der Waals surface area contributed by atoms with Gasteiger partial charge in [0.25, 0.3) is 5.91 Å². The van der Waals surface area contributed by atoms with Gasteiger partial charge in [-0.2, -0.15) is 4.31 Å². The first-order valence-electron chi connectivity index (χ1n) is 14.0. The van der Waals surface area contributed by atoms with Crippen LogP contribution in [0.25, 0.3) is 0 Å². The molecule has 2 aromatic carbocycles. The first kappa shape index (κ1) is 30.7. The molecule has 3 atom stereocenters. The van der Waals surface area contributed by atoms with Gasteiger partial charge in [0, 0.05) is 31.2 Å². The topological polar surface area (TPSA) is 128 Å². The summed E-state index contributed by atoms with van der Waals surface area (Å²) in [6, 6.07) is 8.62. The molecule has 3 N–H and O–H groups in total. The number of benzene rings is 2. The second-order valence-electron chi connectivity index (χ2n) is 11.0. The Morgan fingerprint density at radius 3 is 2.51 bits per heavy atom. The SMILES string of the molecule is C[C@H](CO)N1C[C@H](C)[C@@H](CN(C)S(=O)(=O)c2ccc(F)cc2)Oc2ccc(NC(=O)NC3CCCCC3)cc2C1=O. The third kappa shape index (κ3) is 7.35. The molecule has 0 unspecified atom stereocenters. The molecule has 1 fully saturated rings. The summed E-state index contributed by atoms with van der Waals surface area (Å²) in [7, 11) is -2.52. The van der Waals surface area contributed by atoms with E-state index in [1.165, 1.54) is 25.6 Å². The van der Waals surface area contributed by atoms with Crippen LogP contribution in [-0.2, 0) is 10.0 Å². The number of carbonyl (C=O) groups excluding carboxylic acids is 2. The quantitative estimate of drug-likeness (QED) is 0.429. The van der Waals surface area contributed by atoms with E-state index < -0.39 is 28.0 Å². The zero-order valence-electron chi connectivity index (χ0n) is 23.7. The molecule has 2 aromatic rings. The molecule has 2 aliphatic rings. The monoisotopic (exact) mass is 590 g/mol. The Balaban J connectivity index is 1.59. The number of hydrogen-bond acceptors (Lipinski definition) is 6. The number of anilines is 1. The average Bonchev–Trinajstić information content (AvgIpc) is 2.95. The van der Waals surface area contributed by atoms with Crippen molar-refractivity contribution in [2.45, 2.75) is 69.0 Å². The van der Waals surface area contributed by atoms with E-state index in [1.54, 1.807) is 30.0 Å². The van der Waals surface area contributed by atoms with Crippen molar-refractivity contribution in [2.24, 2.45) is 5.92 Å². The van der Waals surface area contributed by atoms with Gasteiger partial charge in [0.2, 0.25) is 10.0 Å². The van der Waals surface area contributed by atoms with Crippen LogP contribution < -0.4 is 15.4 Å². The lowest BCUT2D eigenvalue weighted by molar-refractivity contribution is 0.0387. The summed E-state index contributed by atoms with van der Waals surface area (Å²) in [5.41, 5.74) is 0.605. The first-order valence-corrected chi connectivity index (χ1v) is 15.5. The Morgan fingerprint density at radius 1 is 1.17 bits per heavy atom. The second kappa shape index (κ2) is 13.2. The lowest BCUT2D eigenvalue weighted by Gasteiger charge is -2.38. The molecule has 224 valence electrons. The fourth-order valence-electron chi connectivity index (χ4n) is 5.26. The number of urea groups is 1. The number of likely N-dealkylation sites (N-methyl/N-ethyl adjacent to an activating group) is 1. The third-order valence-corrected chi connectivity index (χ3v) is 9.66. The number of amides is 3. The van der Waals surface area contributed by atoms with Crippen molar-refractivity contribution in [1.82, 2.24) is 14.5 Å². The van der Waals surface area contributed by atoms with Gasteiger partial charge < -0.3 is 25.4 Å². The molecular weight excluding hydrogens is 551 g/mol. The largest absolute Gasteiger partial charge is 0.488 e. The standard InChI is InChI=1S/C29H39FN4O6S/c1-19-16-34(20(2)18-35)28(36)25-15-23(32-29(37)31-22-7-5-4-6-8-22)11-14-26(25)40-27(19)17-33(3)41(38,39)24-12-9-21(30)10-13-24/h9-15,19-20,22,27,35H,4-8,16-18H2,1-3H3,(H2,31,32,37)/t19-,20+,27+/m0/s1. The van der Waals surface area contributed by atoms with Crippen molar-refractivity contribution >= 4 is 27.6 Å². The Kier molecular flexibility index (Phi) is 9.88. The summed E-state index contributed by atoms with van der Waals surface area (Å²) in [6.07, 6.45) is 4.53. The van der Waals surface area contributed by atoms with Gasteiger partial charge in [-0.25, -0.2) is 17.6 Å². The van der Waals surface area contributed by atoms with Crippen molar-refractivity contribution in [1.29, 1.82) is 0 Å². The van der Waals surface area contributed by atoms with Crippen molar-refractivity contribution in [3.63, 3.8) is 0 Å². The molecular formula is C29H39FN4O6S. The summed E-state index contributed by atoms with van der Waals surface area (Å²) in [5, 5.41) is 15.7. The minimum absolute atomic E-state index is 0.0420. The van der Waals surface area contributed by atoms with E-state index in [9.17, 15) is 27.5 Å². The number of ether oxygens (including phenoxy) is 1. The van der Waals surface area contributed by atoms with Gasteiger partial charge >= 0.3 is 6.03 Å². The fourth-order valence-corrected chi connectivity index (χ4v) is 6.44. The molecule has 1 heterocycles. The average molecular weight is 591 g/mol. The van der Waals surface area contributed by atoms with E-state index in [0.717, 1.165) is 42.1 Å². The highest BCUT2D eigenvalue weighted by atomic mass is 32.2. The molecule has 0 bridgehead atoms. The Labute approximate surface area is 240 Å². The predicted octanol–water partition coefficient (Wildman–Crippen LogP) is 3.82. The minimum Gasteiger partial charge on any atom is -0.488 e. The van der Waals surface area contributed by atoms with Gasteiger partial charge in [-0.3, -0.25) is 4.79 Å². The van der Waals surface area contributed by atoms with Crippen molar-refractivity contribution in [3.05, 3.63) is 53.8 Å². The van der Waals surface area contributed by atoms with Crippen LogP contribution in [0.1, 0.15) is 56.3 Å². The highest BCUT2D eigenvalue weighted by Crippen LogP contribution is 2.31. The Hall–Kier alpha value is -3.22. The number of fused-ring (bicyclic) bond motifs is 1. The van der Waals surface area contributed by atoms with Crippen LogP contribution in [0, 0.1) is 11.7 Å². The molecule has 0 saturated heterocycles. The number of carbonyl (C=O) groups is 2. The molecule has 1 aliphatic carbocycles. The molecule has 12 heteroatoms. The van der Waals surface area contributed by atoms with Crippen LogP contribution in [0.5, 0.6) is 5.75 Å². The summed E-state index contributed by atoms with van der Waals surface area (Å²) in [4.78, 5) is 27.8. The lowest BCUT2D eigenvalue weighted by Crippen LogP contribution is -2.50. The molecule has 0 spiro atoms. The Bertz CT molecular complexity index is 1330. The number of halogens is 1. The molecule has 3 amide bonds. The summed E-state index contributed by atoms with van der Waals surface area (Å²) in [5.74, 6) is -0.975. The minimum atomic E-state index is -3.94. The van der Waals surface area contributed by atoms with Crippen LogP contribution in [-0.4, -0.2) is 79.6 Å². The third-order valence-electron chi connectivity index (χ3n) is 7.82. The number of rotatable bonds is 8. The van der Waals surface area contributed by atoms with Crippen molar-refractivity contribution in [3.8, 4) is 5.75 Å². The zero-order chi connectivity index (χ0) is 29.7. The van der Waals surface area contributed by atoms with E-state index in [-0.39, 0.29) is 59.8 Å². The molecule has 0 aromatic heterocycles. The molecule has 1 saturated carbocycles. The van der Waals surface area contributed by atoms with Gasteiger partial charge in [-0.15, -0.1) is 0 Å². The van der Waals surface area contributed by atoms with Gasteiger partial charge in [-0.05, 0) is 62.2 Å². The molecule has 41 heavy (non-hydrogen) atoms. The highest BCUT2D eigenvalue weighted by molar-refractivity contribution is 7.89. The number of nitrogens with zero attached hydrogens (tertiary/aromatic N) is 2. The van der Waals surface area contributed by atoms with Crippen LogP contribution >= 0.6 is 0 Å². The first-order chi connectivity index (χ1) is 19.5. The second-order valence-corrected chi connectivity index (χ2v) is 13.1. The van der Waals surface area contributed by atoms with E-state index >= 15 is 0 Å². The van der Waals surface area contributed by atoms with Gasteiger partial charge in [0.1, 0.15) is 17.7 Å². The van der Waals surface area contributed by atoms with E-state index in [1.807, 2.05) is 6.92 Å². The molecule has 10 nitrogen and oxygen atoms in total. The van der Waals surface area contributed by atoms with Crippen LogP contribution in [0.15, 0.2) is 47.4 Å². The maximum atomic E-state index is 13.7. The van der Waals surface area contributed by atoms with E-state index in [2.05, 4.69) is 10.6 Å². The van der Waals surface area contributed by atoms with Crippen LogP contribution in [0.4, 0.5) is 14.9 Å². The van der Waals surface area contributed by atoms with Gasteiger partial charge in [0.05, 0.1) is 29.7 Å². The maximum Gasteiger partial charge on any atom is 0.319 e. The number of nitrogens with one attached hydrogen (secondary N) is 2. The van der Waals surface area contributed by atoms with Gasteiger partial charge in [-0.1, -0.05) is 26.2 Å².